The van der Waals surface area contributed by atoms with Crippen molar-refractivity contribution >= 4 is 11.7 Å². The third kappa shape index (κ3) is 3.89. The van der Waals surface area contributed by atoms with Gasteiger partial charge in [-0.1, -0.05) is 12.6 Å². The highest BCUT2D eigenvalue weighted by molar-refractivity contribution is 5.94. The summed E-state index contributed by atoms with van der Waals surface area (Å²) in [7, 11) is 1.60. The molecule has 29 heavy (non-hydrogen) atoms. The van der Waals surface area contributed by atoms with E-state index >= 15 is 0 Å². The van der Waals surface area contributed by atoms with Gasteiger partial charge in [0, 0.05) is 17.9 Å². The molecule has 7 nitrogen and oxygen atoms in total. The Morgan fingerprint density at radius 3 is 2.97 bits per heavy atom. The van der Waals surface area contributed by atoms with Crippen LogP contribution in [0.2, 0.25) is 0 Å². The number of hydrogen-bond donors (Lipinski definition) is 1. The maximum Gasteiger partial charge on any atom is 0.226 e. The van der Waals surface area contributed by atoms with Crippen LogP contribution in [-0.4, -0.2) is 29.4 Å². The largest absolute Gasteiger partial charge is 0.493 e. The molecule has 1 aliphatic heterocycles. The predicted octanol–water partition coefficient (Wildman–Crippen LogP) is 3.96. The van der Waals surface area contributed by atoms with Crippen LogP contribution in [0.1, 0.15) is 36.1 Å². The molecule has 1 aliphatic rings. The summed E-state index contributed by atoms with van der Waals surface area (Å²) in [6, 6.07) is 9.47. The van der Waals surface area contributed by atoms with E-state index in [2.05, 4.69) is 17.0 Å². The number of ether oxygens (including phenoxy) is 2. The van der Waals surface area contributed by atoms with E-state index in [4.69, 9.17) is 13.9 Å². The summed E-state index contributed by atoms with van der Waals surface area (Å²) in [5.41, 5.74) is 2.86. The molecule has 4 rings (SSSR count). The van der Waals surface area contributed by atoms with Crippen molar-refractivity contribution in [1.82, 2.24) is 9.78 Å². The Kier molecular flexibility index (Phi) is 5.12. The second-order valence-corrected chi connectivity index (χ2v) is 7.15. The number of carbonyl (C=O) groups excluding carboxylic acids is 1. The number of carbonyl (C=O) groups is 1. The molecule has 1 aromatic carbocycles. The molecular weight excluding hydrogens is 370 g/mol. The van der Waals surface area contributed by atoms with Crippen molar-refractivity contribution in [2.45, 2.75) is 25.8 Å². The third-order valence-corrected chi connectivity index (χ3v) is 4.84. The number of hydrogen-bond acceptors (Lipinski definition) is 5. The molecule has 0 bridgehead atoms. The number of nitrogens with one attached hydrogen (secondary N) is 1. The van der Waals surface area contributed by atoms with Crippen LogP contribution in [0.3, 0.4) is 0 Å². The molecule has 0 aliphatic carbocycles. The van der Waals surface area contributed by atoms with E-state index < -0.39 is 0 Å². The maximum atomic E-state index is 12.4. The Hall–Kier alpha value is -3.48. The Morgan fingerprint density at radius 2 is 2.24 bits per heavy atom. The molecule has 0 fully saturated rings. The van der Waals surface area contributed by atoms with Gasteiger partial charge in [-0.15, -0.1) is 0 Å². The quantitative estimate of drug-likeness (QED) is 0.615. The summed E-state index contributed by atoms with van der Waals surface area (Å²) in [6.07, 6.45) is 3.77. The average molecular weight is 393 g/mol. The number of fused-ring (bicyclic) bond motifs is 1. The van der Waals surface area contributed by atoms with Crippen molar-refractivity contribution in [2.24, 2.45) is 0 Å². The normalized spacial score (nSPS) is 15.5. The zero-order chi connectivity index (χ0) is 20.4. The van der Waals surface area contributed by atoms with Crippen LogP contribution in [0, 0.1) is 0 Å². The molecule has 150 valence electrons. The lowest BCUT2D eigenvalue weighted by Crippen LogP contribution is -2.25. The average Bonchev–Trinajstić information content (AvgIpc) is 3.36. The number of aromatic nitrogens is 2. The summed E-state index contributed by atoms with van der Waals surface area (Å²) >= 11 is 0. The highest BCUT2D eigenvalue weighted by Gasteiger charge is 2.30. The monoisotopic (exact) mass is 393 g/mol. The molecule has 0 radical (unpaired) electrons. The molecule has 1 N–H and O–H groups in total. The van der Waals surface area contributed by atoms with Gasteiger partial charge in [0.25, 0.3) is 0 Å². The smallest absolute Gasteiger partial charge is 0.226 e. The molecular formula is C22H23N3O4. The lowest BCUT2D eigenvalue weighted by atomic mass is 9.87. The molecule has 0 saturated carbocycles. The predicted molar refractivity (Wildman–Crippen MR) is 108 cm³/mol. The lowest BCUT2D eigenvalue weighted by molar-refractivity contribution is -0.116. The Balaban J connectivity index is 1.65. The summed E-state index contributed by atoms with van der Waals surface area (Å²) in [6.45, 7) is 6.63. The number of methoxy groups -OCH3 is 1. The van der Waals surface area contributed by atoms with Gasteiger partial charge < -0.3 is 19.2 Å². The van der Waals surface area contributed by atoms with Crippen molar-refractivity contribution in [3.8, 4) is 11.5 Å². The summed E-state index contributed by atoms with van der Waals surface area (Å²) < 4.78 is 18.4. The molecule has 7 heteroatoms. The van der Waals surface area contributed by atoms with E-state index in [1.807, 2.05) is 37.3 Å². The van der Waals surface area contributed by atoms with Gasteiger partial charge in [-0.2, -0.15) is 5.10 Å². The van der Waals surface area contributed by atoms with Gasteiger partial charge >= 0.3 is 0 Å². The van der Waals surface area contributed by atoms with Crippen molar-refractivity contribution < 1.29 is 18.7 Å². The number of rotatable bonds is 7. The molecule has 0 saturated heterocycles. The van der Waals surface area contributed by atoms with Crippen molar-refractivity contribution in [3.63, 3.8) is 0 Å². The topological polar surface area (TPSA) is 78.5 Å². The van der Waals surface area contributed by atoms with Crippen molar-refractivity contribution in [1.29, 1.82) is 0 Å². The minimum atomic E-state index is -0.117. The van der Waals surface area contributed by atoms with Crippen LogP contribution in [0.5, 0.6) is 11.5 Å². The number of amides is 1. The molecule has 1 unspecified atom stereocenters. The van der Waals surface area contributed by atoms with Crippen LogP contribution >= 0.6 is 0 Å². The first kappa shape index (κ1) is 18.9. The summed E-state index contributed by atoms with van der Waals surface area (Å²) in [4.78, 5) is 12.4. The maximum absolute atomic E-state index is 12.4. The fraction of sp³-hybridized carbons (Fsp3) is 0.273. The summed E-state index contributed by atoms with van der Waals surface area (Å²) in [5.74, 6) is 2.57. The van der Waals surface area contributed by atoms with Crippen LogP contribution in [0.15, 0.2) is 59.4 Å². The van der Waals surface area contributed by atoms with E-state index in [0.717, 1.165) is 22.5 Å². The number of anilines is 1. The van der Waals surface area contributed by atoms with Crippen LogP contribution in [0.25, 0.3) is 0 Å². The first-order valence-corrected chi connectivity index (χ1v) is 9.38. The molecule has 1 amide bonds. The second-order valence-electron chi connectivity index (χ2n) is 7.15. The van der Waals surface area contributed by atoms with Crippen LogP contribution < -0.4 is 14.8 Å². The van der Waals surface area contributed by atoms with Gasteiger partial charge in [0.05, 0.1) is 19.6 Å². The van der Waals surface area contributed by atoms with Crippen LogP contribution in [0.4, 0.5) is 5.82 Å². The minimum Gasteiger partial charge on any atom is -0.493 e. The van der Waals surface area contributed by atoms with Crippen LogP contribution in [-0.2, 0) is 11.3 Å². The fourth-order valence-corrected chi connectivity index (χ4v) is 3.46. The van der Waals surface area contributed by atoms with E-state index in [9.17, 15) is 4.79 Å². The SMILES string of the molecule is C=C(C)COc1ccc(C2CC(=O)Nc3c2cnn3Cc2ccco2)cc1OC. The molecule has 3 aromatic rings. The highest BCUT2D eigenvalue weighted by Crippen LogP contribution is 2.40. The zero-order valence-electron chi connectivity index (χ0n) is 16.5. The Bertz CT molecular complexity index is 1040. The minimum absolute atomic E-state index is 0.0507. The van der Waals surface area contributed by atoms with Gasteiger partial charge in [-0.05, 0) is 42.3 Å². The zero-order valence-corrected chi connectivity index (χ0v) is 16.5. The van der Waals surface area contributed by atoms with Crippen molar-refractivity contribution in [2.75, 3.05) is 19.0 Å². The standard InChI is InChI=1S/C22H23N3O4/c1-14(2)13-29-19-7-6-15(9-20(19)27-3)17-10-21(26)24-22-18(17)11-23-25(22)12-16-5-4-8-28-16/h4-9,11,17H,1,10,12-13H2,2-3H3,(H,24,26). The lowest BCUT2D eigenvalue weighted by Gasteiger charge is -2.24. The number of benzene rings is 1. The van der Waals surface area contributed by atoms with Gasteiger partial charge in [-0.3, -0.25) is 4.79 Å². The van der Waals surface area contributed by atoms with Gasteiger partial charge in [0.2, 0.25) is 5.91 Å². The van der Waals surface area contributed by atoms with Crippen molar-refractivity contribution in [3.05, 3.63) is 71.8 Å². The second kappa shape index (κ2) is 7.87. The van der Waals surface area contributed by atoms with Gasteiger partial charge in [0.15, 0.2) is 11.5 Å². The van der Waals surface area contributed by atoms with E-state index in [1.54, 1.807) is 24.3 Å². The molecule has 2 aromatic heterocycles. The first-order chi connectivity index (χ1) is 14.0. The van der Waals surface area contributed by atoms with E-state index in [1.165, 1.54) is 0 Å². The number of furan rings is 1. The van der Waals surface area contributed by atoms with Gasteiger partial charge in [0.1, 0.15) is 24.7 Å². The number of nitrogens with zero attached hydrogens (tertiary/aromatic N) is 2. The van der Waals surface area contributed by atoms with E-state index in [0.29, 0.717) is 36.9 Å². The van der Waals surface area contributed by atoms with E-state index in [-0.39, 0.29) is 11.8 Å². The summed E-state index contributed by atoms with van der Waals surface area (Å²) in [5, 5.41) is 7.42. The molecule has 1 atom stereocenters. The molecule has 0 spiro atoms. The highest BCUT2D eigenvalue weighted by atomic mass is 16.5. The first-order valence-electron chi connectivity index (χ1n) is 9.38. The third-order valence-electron chi connectivity index (χ3n) is 4.84. The Morgan fingerprint density at radius 1 is 1.38 bits per heavy atom. The fourth-order valence-electron chi connectivity index (χ4n) is 3.46. The van der Waals surface area contributed by atoms with Gasteiger partial charge in [-0.25, -0.2) is 4.68 Å². The molecule has 3 heterocycles. The Labute approximate surface area is 168 Å².